The molecule has 1 amide bonds. The third kappa shape index (κ3) is 4.32. The van der Waals surface area contributed by atoms with E-state index in [1.807, 2.05) is 60.0 Å². The second-order valence-electron chi connectivity index (χ2n) is 6.66. The lowest BCUT2D eigenvalue weighted by molar-refractivity contribution is 0.0997. The zero-order valence-electron chi connectivity index (χ0n) is 17.5. The molecular formula is C24H22N2O4S. The first-order chi connectivity index (χ1) is 15.1. The van der Waals surface area contributed by atoms with Crippen molar-refractivity contribution in [2.75, 3.05) is 14.2 Å². The Kier molecular flexibility index (Phi) is 6.04. The average molecular weight is 435 g/mol. The van der Waals surface area contributed by atoms with Crippen LogP contribution in [0.2, 0.25) is 0 Å². The Morgan fingerprint density at radius 3 is 2.35 bits per heavy atom. The van der Waals surface area contributed by atoms with Crippen molar-refractivity contribution in [1.82, 2.24) is 4.57 Å². The molecule has 0 bridgehead atoms. The van der Waals surface area contributed by atoms with Gasteiger partial charge in [0.25, 0.3) is 5.91 Å². The summed E-state index contributed by atoms with van der Waals surface area (Å²) in [7, 11) is 3.20. The first kappa shape index (κ1) is 20.7. The maximum absolute atomic E-state index is 12.9. The fraction of sp³-hybridized carbons (Fsp3) is 0.167. The first-order valence-corrected chi connectivity index (χ1v) is 10.6. The molecule has 0 aliphatic rings. The largest absolute Gasteiger partial charge is 0.493 e. The average Bonchev–Trinajstić information content (AvgIpc) is 3.14. The van der Waals surface area contributed by atoms with E-state index >= 15 is 0 Å². The SMILES string of the molecule is CCn1c(=NC(=O)c2cccc(Oc3ccccc3)c2)sc2cc(OC)c(OC)cc21. The molecule has 4 rings (SSSR count). The normalized spacial score (nSPS) is 11.5. The van der Waals surface area contributed by atoms with Gasteiger partial charge in [0.2, 0.25) is 0 Å². The van der Waals surface area contributed by atoms with Crippen LogP contribution in [0.15, 0.2) is 71.7 Å². The molecule has 0 unspecified atom stereocenters. The lowest BCUT2D eigenvalue weighted by Crippen LogP contribution is -2.15. The molecule has 0 aliphatic carbocycles. The lowest BCUT2D eigenvalue weighted by atomic mass is 10.2. The Hall–Kier alpha value is -3.58. The summed E-state index contributed by atoms with van der Waals surface area (Å²) in [5.74, 6) is 2.25. The Bertz CT molecular complexity index is 1290. The van der Waals surface area contributed by atoms with Gasteiger partial charge in [-0.2, -0.15) is 4.99 Å². The Labute approximate surface area is 184 Å². The van der Waals surface area contributed by atoms with Crippen LogP contribution in [0.4, 0.5) is 0 Å². The van der Waals surface area contributed by atoms with E-state index in [0.29, 0.717) is 39.9 Å². The molecule has 0 fully saturated rings. The second-order valence-corrected chi connectivity index (χ2v) is 7.67. The van der Waals surface area contributed by atoms with E-state index in [1.54, 1.807) is 32.4 Å². The first-order valence-electron chi connectivity index (χ1n) is 9.80. The third-order valence-electron chi connectivity index (χ3n) is 4.76. The van der Waals surface area contributed by atoms with Crippen molar-refractivity contribution in [3.05, 3.63) is 77.1 Å². The van der Waals surface area contributed by atoms with E-state index in [9.17, 15) is 4.79 Å². The number of hydrogen-bond acceptors (Lipinski definition) is 5. The quantitative estimate of drug-likeness (QED) is 0.415. The number of carbonyl (C=O) groups is 1. The van der Waals surface area contributed by atoms with E-state index in [0.717, 1.165) is 10.2 Å². The van der Waals surface area contributed by atoms with Crippen molar-refractivity contribution in [1.29, 1.82) is 0 Å². The predicted molar refractivity (Wildman–Crippen MR) is 121 cm³/mol. The molecular weight excluding hydrogens is 412 g/mol. The summed E-state index contributed by atoms with van der Waals surface area (Å²) in [6.07, 6.45) is 0. The van der Waals surface area contributed by atoms with E-state index in [1.165, 1.54) is 11.3 Å². The Balaban J connectivity index is 1.71. The fourth-order valence-corrected chi connectivity index (χ4v) is 4.36. The number of hydrogen-bond donors (Lipinski definition) is 0. The summed E-state index contributed by atoms with van der Waals surface area (Å²) in [5.41, 5.74) is 1.40. The van der Waals surface area contributed by atoms with Crippen LogP contribution >= 0.6 is 11.3 Å². The van der Waals surface area contributed by atoms with E-state index in [4.69, 9.17) is 14.2 Å². The molecule has 0 saturated carbocycles. The number of fused-ring (bicyclic) bond motifs is 1. The molecule has 0 N–H and O–H groups in total. The molecule has 1 heterocycles. The number of para-hydroxylation sites is 1. The predicted octanol–water partition coefficient (Wildman–Crippen LogP) is 5.27. The minimum absolute atomic E-state index is 0.328. The van der Waals surface area contributed by atoms with Crippen LogP contribution in [0.5, 0.6) is 23.0 Å². The zero-order valence-corrected chi connectivity index (χ0v) is 18.3. The molecule has 7 heteroatoms. The van der Waals surface area contributed by atoms with Gasteiger partial charge in [-0.15, -0.1) is 0 Å². The number of ether oxygens (including phenoxy) is 3. The monoisotopic (exact) mass is 434 g/mol. The molecule has 6 nitrogen and oxygen atoms in total. The maximum Gasteiger partial charge on any atom is 0.279 e. The van der Waals surface area contributed by atoms with E-state index < -0.39 is 0 Å². The Morgan fingerprint density at radius 2 is 1.65 bits per heavy atom. The summed E-state index contributed by atoms with van der Waals surface area (Å²) in [6, 6.07) is 20.3. The molecule has 0 spiro atoms. The molecule has 31 heavy (non-hydrogen) atoms. The zero-order chi connectivity index (χ0) is 21.8. The van der Waals surface area contributed by atoms with Gasteiger partial charge in [0.15, 0.2) is 16.3 Å². The summed E-state index contributed by atoms with van der Waals surface area (Å²) in [4.78, 5) is 18.0. The van der Waals surface area contributed by atoms with Crippen LogP contribution in [-0.2, 0) is 6.54 Å². The number of thiazole rings is 1. The molecule has 1 aromatic heterocycles. The number of amides is 1. The molecule has 4 aromatic rings. The van der Waals surface area contributed by atoms with Crippen LogP contribution in [-0.4, -0.2) is 24.7 Å². The standard InChI is InChI=1S/C24H22N2O4S/c1-4-26-19-14-20(28-2)21(29-3)15-22(19)31-24(26)25-23(27)16-9-8-12-18(13-16)30-17-10-6-5-7-11-17/h5-15H,4H2,1-3H3. The lowest BCUT2D eigenvalue weighted by Gasteiger charge is -2.08. The van der Waals surface area contributed by atoms with E-state index in [-0.39, 0.29) is 5.91 Å². The van der Waals surface area contributed by atoms with Crippen LogP contribution in [0, 0.1) is 0 Å². The summed E-state index contributed by atoms with van der Waals surface area (Å²) in [6.45, 7) is 2.68. The van der Waals surface area contributed by atoms with Crippen molar-refractivity contribution in [2.45, 2.75) is 13.5 Å². The maximum atomic E-state index is 12.9. The minimum Gasteiger partial charge on any atom is -0.493 e. The molecule has 0 saturated heterocycles. The van der Waals surface area contributed by atoms with Crippen molar-refractivity contribution >= 4 is 27.5 Å². The highest BCUT2D eigenvalue weighted by Crippen LogP contribution is 2.33. The van der Waals surface area contributed by atoms with Gasteiger partial charge in [0.1, 0.15) is 11.5 Å². The highest BCUT2D eigenvalue weighted by atomic mass is 32.1. The summed E-state index contributed by atoms with van der Waals surface area (Å²) in [5, 5.41) is 0. The van der Waals surface area contributed by atoms with Crippen molar-refractivity contribution in [2.24, 2.45) is 4.99 Å². The number of aryl methyl sites for hydroxylation is 1. The molecule has 0 aliphatic heterocycles. The van der Waals surface area contributed by atoms with E-state index in [2.05, 4.69) is 4.99 Å². The smallest absolute Gasteiger partial charge is 0.279 e. The molecule has 3 aromatic carbocycles. The van der Waals surface area contributed by atoms with Crippen molar-refractivity contribution in [3.63, 3.8) is 0 Å². The van der Waals surface area contributed by atoms with Gasteiger partial charge in [0.05, 0.1) is 24.4 Å². The van der Waals surface area contributed by atoms with Crippen LogP contribution in [0.25, 0.3) is 10.2 Å². The summed E-state index contributed by atoms with van der Waals surface area (Å²) >= 11 is 1.44. The van der Waals surface area contributed by atoms with Crippen LogP contribution < -0.4 is 19.0 Å². The number of nitrogens with zero attached hydrogens (tertiary/aromatic N) is 2. The molecule has 0 radical (unpaired) electrons. The van der Waals surface area contributed by atoms with Crippen LogP contribution in [0.1, 0.15) is 17.3 Å². The van der Waals surface area contributed by atoms with Crippen LogP contribution in [0.3, 0.4) is 0 Å². The molecule has 0 atom stereocenters. The fourth-order valence-electron chi connectivity index (χ4n) is 3.26. The minimum atomic E-state index is -0.328. The van der Waals surface area contributed by atoms with Gasteiger partial charge < -0.3 is 18.8 Å². The van der Waals surface area contributed by atoms with Gasteiger partial charge in [-0.05, 0) is 37.3 Å². The topological polar surface area (TPSA) is 62.1 Å². The van der Waals surface area contributed by atoms with Gasteiger partial charge in [-0.1, -0.05) is 35.6 Å². The number of aromatic nitrogens is 1. The highest BCUT2D eigenvalue weighted by molar-refractivity contribution is 7.16. The Morgan fingerprint density at radius 1 is 0.935 bits per heavy atom. The highest BCUT2D eigenvalue weighted by Gasteiger charge is 2.13. The van der Waals surface area contributed by atoms with Gasteiger partial charge >= 0.3 is 0 Å². The second kappa shape index (κ2) is 9.06. The number of carbonyl (C=O) groups excluding carboxylic acids is 1. The molecule has 158 valence electrons. The van der Waals surface area contributed by atoms with Crippen molar-refractivity contribution < 1.29 is 19.0 Å². The van der Waals surface area contributed by atoms with Gasteiger partial charge in [-0.3, -0.25) is 4.79 Å². The number of rotatable bonds is 6. The number of benzene rings is 3. The number of methoxy groups -OCH3 is 2. The van der Waals surface area contributed by atoms with Crippen molar-refractivity contribution in [3.8, 4) is 23.0 Å². The van der Waals surface area contributed by atoms with Gasteiger partial charge in [-0.25, -0.2) is 0 Å². The van der Waals surface area contributed by atoms with Gasteiger partial charge in [0, 0.05) is 24.2 Å². The third-order valence-corrected chi connectivity index (χ3v) is 5.80. The summed E-state index contributed by atoms with van der Waals surface area (Å²) < 4.78 is 19.6.